The number of nitrogens with zero attached hydrogens (tertiary/aromatic N) is 2. The SMILES string of the molecule is Cc1ccc(C(N)=NO)c(Sc2ccccc2Cl)n1. The molecule has 6 heteroatoms. The van der Waals surface area contributed by atoms with E-state index in [1.807, 2.05) is 37.3 Å². The van der Waals surface area contributed by atoms with E-state index in [0.717, 1.165) is 10.6 Å². The second kappa shape index (κ2) is 5.95. The third-order valence-corrected chi connectivity index (χ3v) is 3.95. The minimum atomic E-state index is 0.0297. The molecule has 2 rings (SSSR count). The van der Waals surface area contributed by atoms with Crippen LogP contribution >= 0.6 is 23.4 Å². The van der Waals surface area contributed by atoms with Gasteiger partial charge in [0.05, 0.1) is 10.6 Å². The molecule has 98 valence electrons. The monoisotopic (exact) mass is 293 g/mol. The lowest BCUT2D eigenvalue weighted by molar-refractivity contribution is 0.318. The molecule has 0 aliphatic carbocycles. The second-order valence-corrected chi connectivity index (χ2v) is 5.26. The van der Waals surface area contributed by atoms with Crippen LogP contribution in [0.3, 0.4) is 0 Å². The molecule has 0 radical (unpaired) electrons. The maximum Gasteiger partial charge on any atom is 0.172 e. The van der Waals surface area contributed by atoms with Crippen molar-refractivity contribution in [3.05, 3.63) is 52.7 Å². The van der Waals surface area contributed by atoms with E-state index in [2.05, 4.69) is 10.1 Å². The number of hydrogen-bond acceptors (Lipinski definition) is 4. The quantitative estimate of drug-likeness (QED) is 0.394. The average Bonchev–Trinajstić information content (AvgIpc) is 2.41. The predicted octanol–water partition coefficient (Wildman–Crippen LogP) is 3.29. The number of halogens is 1. The molecule has 0 amide bonds. The van der Waals surface area contributed by atoms with Crippen molar-refractivity contribution in [3.8, 4) is 0 Å². The average molecular weight is 294 g/mol. The number of amidine groups is 1. The van der Waals surface area contributed by atoms with Crippen molar-refractivity contribution in [1.82, 2.24) is 4.98 Å². The standard InChI is InChI=1S/C13H12ClN3OS/c1-8-6-7-9(12(15)17-18)13(16-8)19-11-5-3-2-4-10(11)14/h2-7,18H,1H3,(H2,15,17). The van der Waals surface area contributed by atoms with Crippen molar-refractivity contribution in [2.45, 2.75) is 16.8 Å². The molecule has 0 bridgehead atoms. The molecule has 3 N–H and O–H groups in total. The fourth-order valence-electron chi connectivity index (χ4n) is 1.49. The molecule has 1 aromatic heterocycles. The summed E-state index contributed by atoms with van der Waals surface area (Å²) in [5.74, 6) is 0.0297. The topological polar surface area (TPSA) is 71.5 Å². The Kier molecular flexibility index (Phi) is 4.29. The van der Waals surface area contributed by atoms with Gasteiger partial charge in [0.1, 0.15) is 5.03 Å². The van der Waals surface area contributed by atoms with E-state index >= 15 is 0 Å². The van der Waals surface area contributed by atoms with E-state index in [4.69, 9.17) is 22.5 Å². The molecular formula is C13H12ClN3OS. The Morgan fingerprint density at radius 2 is 2.05 bits per heavy atom. The number of hydrogen-bond donors (Lipinski definition) is 2. The van der Waals surface area contributed by atoms with Crippen LogP contribution < -0.4 is 5.73 Å². The third kappa shape index (κ3) is 3.19. The summed E-state index contributed by atoms with van der Waals surface area (Å²) >= 11 is 7.50. The minimum Gasteiger partial charge on any atom is -0.409 e. The maximum absolute atomic E-state index is 8.80. The molecule has 1 heterocycles. The van der Waals surface area contributed by atoms with Gasteiger partial charge in [-0.3, -0.25) is 0 Å². The van der Waals surface area contributed by atoms with Crippen LogP contribution in [0.1, 0.15) is 11.3 Å². The Morgan fingerprint density at radius 3 is 2.74 bits per heavy atom. The van der Waals surface area contributed by atoms with Gasteiger partial charge in [0, 0.05) is 10.6 Å². The van der Waals surface area contributed by atoms with Gasteiger partial charge in [-0.2, -0.15) is 0 Å². The lowest BCUT2D eigenvalue weighted by atomic mass is 10.2. The smallest absolute Gasteiger partial charge is 0.172 e. The van der Waals surface area contributed by atoms with Gasteiger partial charge in [-0.1, -0.05) is 40.7 Å². The predicted molar refractivity (Wildman–Crippen MR) is 77.1 cm³/mol. The van der Waals surface area contributed by atoms with Crippen LogP contribution in [0.25, 0.3) is 0 Å². The number of oxime groups is 1. The molecule has 2 aromatic rings. The Morgan fingerprint density at radius 1 is 1.32 bits per heavy atom. The molecule has 0 fully saturated rings. The maximum atomic E-state index is 8.80. The van der Waals surface area contributed by atoms with Crippen LogP contribution in [-0.4, -0.2) is 16.0 Å². The molecule has 0 saturated heterocycles. The lowest BCUT2D eigenvalue weighted by Crippen LogP contribution is -2.15. The van der Waals surface area contributed by atoms with E-state index < -0.39 is 0 Å². The van der Waals surface area contributed by atoms with Crippen molar-refractivity contribution in [1.29, 1.82) is 0 Å². The van der Waals surface area contributed by atoms with Crippen molar-refractivity contribution in [2.75, 3.05) is 0 Å². The zero-order chi connectivity index (χ0) is 13.8. The molecule has 0 unspecified atom stereocenters. The van der Waals surface area contributed by atoms with Crippen molar-refractivity contribution >= 4 is 29.2 Å². The number of rotatable bonds is 3. The van der Waals surface area contributed by atoms with E-state index in [1.54, 1.807) is 6.07 Å². The van der Waals surface area contributed by atoms with E-state index in [0.29, 0.717) is 15.6 Å². The highest BCUT2D eigenvalue weighted by Crippen LogP contribution is 2.33. The number of pyridine rings is 1. The summed E-state index contributed by atoms with van der Waals surface area (Å²) < 4.78 is 0. The molecule has 0 spiro atoms. The lowest BCUT2D eigenvalue weighted by Gasteiger charge is -2.09. The van der Waals surface area contributed by atoms with Gasteiger partial charge in [-0.05, 0) is 31.2 Å². The van der Waals surface area contributed by atoms with Crippen molar-refractivity contribution < 1.29 is 5.21 Å². The third-order valence-electron chi connectivity index (χ3n) is 2.43. The molecule has 4 nitrogen and oxygen atoms in total. The van der Waals surface area contributed by atoms with Gasteiger partial charge in [-0.25, -0.2) is 4.98 Å². The normalized spacial score (nSPS) is 11.6. The highest BCUT2D eigenvalue weighted by atomic mass is 35.5. The minimum absolute atomic E-state index is 0.0297. The van der Waals surface area contributed by atoms with Gasteiger partial charge < -0.3 is 10.9 Å². The largest absolute Gasteiger partial charge is 0.409 e. The van der Waals surface area contributed by atoms with E-state index in [1.165, 1.54) is 11.8 Å². The van der Waals surface area contributed by atoms with E-state index in [9.17, 15) is 0 Å². The van der Waals surface area contributed by atoms with Gasteiger partial charge in [0.2, 0.25) is 0 Å². The number of benzene rings is 1. The van der Waals surface area contributed by atoms with Crippen molar-refractivity contribution in [2.24, 2.45) is 10.9 Å². The fourth-order valence-corrected chi connectivity index (χ4v) is 2.74. The molecule has 0 atom stereocenters. The number of nitrogens with two attached hydrogens (primary N) is 1. The molecule has 0 aliphatic rings. The van der Waals surface area contributed by atoms with Crippen LogP contribution in [0.4, 0.5) is 0 Å². The highest BCUT2D eigenvalue weighted by Gasteiger charge is 2.12. The van der Waals surface area contributed by atoms with Gasteiger partial charge in [0.25, 0.3) is 0 Å². The summed E-state index contributed by atoms with van der Waals surface area (Å²) in [5.41, 5.74) is 7.08. The van der Waals surface area contributed by atoms with Crippen LogP contribution in [0.2, 0.25) is 5.02 Å². The summed E-state index contributed by atoms with van der Waals surface area (Å²) in [5, 5.41) is 13.1. The zero-order valence-electron chi connectivity index (χ0n) is 10.2. The Bertz CT molecular complexity index is 631. The van der Waals surface area contributed by atoms with Crippen molar-refractivity contribution in [3.63, 3.8) is 0 Å². The summed E-state index contributed by atoms with van der Waals surface area (Å²) in [6.45, 7) is 1.88. The van der Waals surface area contributed by atoms with Crippen LogP contribution in [0.15, 0.2) is 51.5 Å². The second-order valence-electron chi connectivity index (χ2n) is 3.82. The summed E-state index contributed by atoms with van der Waals surface area (Å²) in [6, 6.07) is 11.0. The number of aromatic nitrogens is 1. The summed E-state index contributed by atoms with van der Waals surface area (Å²) in [6.07, 6.45) is 0. The molecule has 19 heavy (non-hydrogen) atoms. The van der Waals surface area contributed by atoms with Crippen LogP contribution in [-0.2, 0) is 0 Å². The first-order chi connectivity index (χ1) is 9.11. The fraction of sp³-hybridized carbons (Fsp3) is 0.0769. The van der Waals surface area contributed by atoms with Crippen LogP contribution in [0, 0.1) is 6.92 Å². The Balaban J connectivity index is 2.44. The number of aryl methyl sites for hydroxylation is 1. The Labute approximate surface area is 120 Å². The molecule has 0 aliphatic heterocycles. The Hall–Kier alpha value is -1.72. The van der Waals surface area contributed by atoms with E-state index in [-0.39, 0.29) is 5.84 Å². The van der Waals surface area contributed by atoms with Gasteiger partial charge >= 0.3 is 0 Å². The van der Waals surface area contributed by atoms with Crippen LogP contribution in [0.5, 0.6) is 0 Å². The zero-order valence-corrected chi connectivity index (χ0v) is 11.7. The molecule has 0 saturated carbocycles. The summed E-state index contributed by atoms with van der Waals surface area (Å²) in [4.78, 5) is 5.28. The molecular weight excluding hydrogens is 282 g/mol. The first kappa shape index (κ1) is 13.7. The first-order valence-electron chi connectivity index (χ1n) is 5.49. The van der Waals surface area contributed by atoms with Gasteiger partial charge in [-0.15, -0.1) is 0 Å². The summed E-state index contributed by atoms with van der Waals surface area (Å²) in [7, 11) is 0. The highest BCUT2D eigenvalue weighted by molar-refractivity contribution is 7.99. The van der Waals surface area contributed by atoms with Gasteiger partial charge in [0.15, 0.2) is 5.84 Å². The first-order valence-corrected chi connectivity index (χ1v) is 6.69. The molecule has 1 aromatic carbocycles.